The fraction of sp³-hybridized carbons (Fsp3) is 0. The van der Waals surface area contributed by atoms with Gasteiger partial charge in [-0.25, -0.2) is 0 Å². The molecule has 0 amide bonds. The maximum Gasteiger partial charge on any atom is 0.276 e. The molecule has 2 aromatic carbocycles. The van der Waals surface area contributed by atoms with Crippen LogP contribution in [-0.2, 0) is 0 Å². The van der Waals surface area contributed by atoms with Crippen molar-refractivity contribution in [3.05, 3.63) is 75.5 Å². The van der Waals surface area contributed by atoms with Crippen molar-refractivity contribution in [1.29, 1.82) is 0 Å². The van der Waals surface area contributed by atoms with Gasteiger partial charge in [-0.1, -0.05) is 18.2 Å². The molecule has 0 unspecified atom stereocenters. The molecule has 0 aliphatic carbocycles. The highest BCUT2D eigenvalue weighted by atomic mass is 16.6. The third-order valence-electron chi connectivity index (χ3n) is 2.36. The van der Waals surface area contributed by atoms with Crippen LogP contribution in [-0.4, -0.2) is 15.9 Å². The van der Waals surface area contributed by atoms with Crippen LogP contribution in [0.15, 0.2) is 54.6 Å². The quantitative estimate of drug-likeness (QED) is 0.273. The minimum Gasteiger partial charge on any atom is -0.618 e. The van der Waals surface area contributed by atoms with Gasteiger partial charge in [0.25, 0.3) is 5.69 Å². The summed E-state index contributed by atoms with van der Waals surface area (Å²) < 4.78 is 0.613. The molecule has 0 saturated heterocycles. The van der Waals surface area contributed by atoms with Crippen molar-refractivity contribution in [2.24, 2.45) is 0 Å². The number of hydrogen-bond acceptors (Lipinski definition) is 3. The van der Waals surface area contributed by atoms with Crippen LogP contribution in [0.3, 0.4) is 0 Å². The number of nitro groups is 1. The fourth-order valence-corrected chi connectivity index (χ4v) is 1.49. The summed E-state index contributed by atoms with van der Waals surface area (Å²) in [5, 5.41) is 22.4. The first-order valence-electron chi connectivity index (χ1n) is 5.27. The summed E-state index contributed by atoms with van der Waals surface area (Å²) in [4.78, 5) is 10.1. The highest BCUT2D eigenvalue weighted by Crippen LogP contribution is 2.19. The first-order chi connectivity index (χ1) is 8.66. The van der Waals surface area contributed by atoms with Gasteiger partial charge in [0.15, 0.2) is 6.21 Å². The van der Waals surface area contributed by atoms with Gasteiger partial charge < -0.3 is 5.21 Å². The molecule has 0 aromatic heterocycles. The maximum atomic E-state index is 11.8. The van der Waals surface area contributed by atoms with Crippen molar-refractivity contribution in [1.82, 2.24) is 0 Å². The molecule has 0 heterocycles. The van der Waals surface area contributed by atoms with Gasteiger partial charge >= 0.3 is 0 Å². The van der Waals surface area contributed by atoms with E-state index in [1.165, 1.54) is 30.5 Å². The lowest BCUT2D eigenvalue weighted by Crippen LogP contribution is -1.99. The van der Waals surface area contributed by atoms with Crippen LogP contribution in [0.2, 0.25) is 0 Å². The number of nitrogens with zero attached hydrogens (tertiary/aromatic N) is 2. The Morgan fingerprint density at radius 1 is 0.889 bits per heavy atom. The number of non-ortho nitro benzene ring substituents is 1. The molecule has 0 aliphatic rings. The maximum absolute atomic E-state index is 11.8. The smallest absolute Gasteiger partial charge is 0.276 e. The van der Waals surface area contributed by atoms with Gasteiger partial charge in [-0.2, -0.15) is 4.74 Å². The molecule has 90 valence electrons. The number of nitro benzene ring substituents is 1. The summed E-state index contributed by atoms with van der Waals surface area (Å²) in [7, 11) is 0. The Labute approximate surface area is 103 Å². The topological polar surface area (TPSA) is 69.2 Å². The van der Waals surface area contributed by atoms with Gasteiger partial charge in [0, 0.05) is 17.7 Å². The van der Waals surface area contributed by atoms with Gasteiger partial charge in [-0.05, 0) is 18.2 Å². The molecule has 0 aliphatic heterocycles. The zero-order chi connectivity index (χ0) is 13.0. The molecule has 2 rings (SSSR count). The summed E-state index contributed by atoms with van der Waals surface area (Å²) in [6.45, 7) is 0. The van der Waals surface area contributed by atoms with Gasteiger partial charge in [0.1, 0.15) is 0 Å². The zero-order valence-corrected chi connectivity index (χ0v) is 9.39. The molecule has 5 heteroatoms. The minimum atomic E-state index is -0.528. The van der Waals surface area contributed by atoms with Gasteiger partial charge in [0.05, 0.1) is 11.0 Å². The number of hydrogen-bond donors (Lipinski definition) is 0. The largest absolute Gasteiger partial charge is 0.618 e. The summed E-state index contributed by atoms with van der Waals surface area (Å²) in [6, 6.07) is 14.6. The third kappa shape index (κ3) is 2.70. The van der Waals surface area contributed by atoms with Crippen LogP contribution in [0.25, 0.3) is 0 Å². The standard InChI is InChI=1S/C13H10N2O3/c16-14(10-11-5-2-1-3-6-11)12-7-4-8-13(9-12)15(17)18/h1-10H/b14-10-. The van der Waals surface area contributed by atoms with Crippen LogP contribution in [0.4, 0.5) is 11.4 Å². The van der Waals surface area contributed by atoms with Crippen molar-refractivity contribution in [2.75, 3.05) is 0 Å². The molecule has 0 saturated carbocycles. The van der Waals surface area contributed by atoms with E-state index >= 15 is 0 Å². The van der Waals surface area contributed by atoms with Crippen molar-refractivity contribution in [3.8, 4) is 0 Å². The van der Waals surface area contributed by atoms with E-state index in [2.05, 4.69) is 0 Å². The zero-order valence-electron chi connectivity index (χ0n) is 9.39. The Balaban J connectivity index is 2.34. The third-order valence-corrected chi connectivity index (χ3v) is 2.36. The molecule has 5 nitrogen and oxygen atoms in total. The normalized spacial score (nSPS) is 11.2. The van der Waals surface area contributed by atoms with E-state index < -0.39 is 4.92 Å². The summed E-state index contributed by atoms with van der Waals surface area (Å²) in [5.41, 5.74) is 0.863. The number of rotatable bonds is 3. The molecule has 18 heavy (non-hydrogen) atoms. The molecule has 0 atom stereocenters. The second-order valence-electron chi connectivity index (χ2n) is 3.64. The molecule has 2 aromatic rings. The van der Waals surface area contributed by atoms with E-state index in [1.807, 2.05) is 18.2 Å². The molecular weight excluding hydrogens is 232 g/mol. The minimum absolute atomic E-state index is 0.102. The Morgan fingerprint density at radius 3 is 2.22 bits per heavy atom. The predicted octanol–water partition coefficient (Wildman–Crippen LogP) is 2.86. The molecule has 0 fully saturated rings. The highest BCUT2D eigenvalue weighted by molar-refractivity contribution is 5.76. The first kappa shape index (κ1) is 11.8. The SMILES string of the molecule is O=[N+]([O-])c1cccc(/[N+]([O-])=C/c2ccccc2)c1. The van der Waals surface area contributed by atoms with Crippen LogP contribution in [0.5, 0.6) is 0 Å². The van der Waals surface area contributed by atoms with Crippen LogP contribution >= 0.6 is 0 Å². The second-order valence-corrected chi connectivity index (χ2v) is 3.64. The summed E-state index contributed by atoms with van der Waals surface area (Å²) >= 11 is 0. The molecule has 0 N–H and O–H groups in total. The van der Waals surface area contributed by atoms with Gasteiger partial charge in [-0.3, -0.25) is 10.1 Å². The Bertz CT molecular complexity index is 594. The Hall–Kier alpha value is -2.69. The van der Waals surface area contributed by atoms with Crippen molar-refractivity contribution in [3.63, 3.8) is 0 Å². The van der Waals surface area contributed by atoms with E-state index in [9.17, 15) is 15.3 Å². The highest BCUT2D eigenvalue weighted by Gasteiger charge is 2.10. The van der Waals surface area contributed by atoms with Crippen molar-refractivity contribution < 1.29 is 9.66 Å². The van der Waals surface area contributed by atoms with E-state index in [4.69, 9.17) is 0 Å². The van der Waals surface area contributed by atoms with Crippen LogP contribution in [0.1, 0.15) is 5.56 Å². The molecule has 0 radical (unpaired) electrons. The monoisotopic (exact) mass is 242 g/mol. The van der Waals surface area contributed by atoms with E-state index in [0.717, 1.165) is 5.56 Å². The summed E-state index contributed by atoms with van der Waals surface area (Å²) in [6.07, 6.45) is 1.37. The summed E-state index contributed by atoms with van der Waals surface area (Å²) in [5.74, 6) is 0. The van der Waals surface area contributed by atoms with Crippen molar-refractivity contribution in [2.45, 2.75) is 0 Å². The fourth-order valence-electron chi connectivity index (χ4n) is 1.49. The number of benzene rings is 2. The molecule has 0 spiro atoms. The first-order valence-corrected chi connectivity index (χ1v) is 5.27. The van der Waals surface area contributed by atoms with E-state index in [1.54, 1.807) is 12.1 Å². The molecular formula is C13H10N2O3. The van der Waals surface area contributed by atoms with Crippen LogP contribution in [0, 0.1) is 15.3 Å². The lowest BCUT2D eigenvalue weighted by atomic mass is 10.2. The van der Waals surface area contributed by atoms with Gasteiger partial charge in [0.2, 0.25) is 5.69 Å². The second kappa shape index (κ2) is 5.09. The lowest BCUT2D eigenvalue weighted by Gasteiger charge is -2.02. The Kier molecular flexibility index (Phi) is 3.33. The van der Waals surface area contributed by atoms with Gasteiger partial charge in [-0.15, -0.1) is 0 Å². The molecule has 0 bridgehead atoms. The van der Waals surface area contributed by atoms with Crippen molar-refractivity contribution >= 4 is 17.6 Å². The lowest BCUT2D eigenvalue weighted by molar-refractivity contribution is -0.387. The Morgan fingerprint density at radius 2 is 1.56 bits per heavy atom. The van der Waals surface area contributed by atoms with Crippen LogP contribution < -0.4 is 0 Å². The van der Waals surface area contributed by atoms with E-state index in [0.29, 0.717) is 4.74 Å². The average Bonchev–Trinajstić information content (AvgIpc) is 2.40. The average molecular weight is 242 g/mol. The predicted molar refractivity (Wildman–Crippen MR) is 68.0 cm³/mol. The van der Waals surface area contributed by atoms with E-state index in [-0.39, 0.29) is 11.4 Å².